The Balaban J connectivity index is 1.32. The Bertz CT molecular complexity index is 1330. The fraction of sp³-hybridized carbons (Fsp3) is 0.500. The molecule has 1 N–H and O–H groups in total. The molecule has 2 saturated carbocycles. The highest BCUT2D eigenvalue weighted by molar-refractivity contribution is 5.80. The van der Waals surface area contributed by atoms with Gasteiger partial charge in [-0.25, -0.2) is 8.78 Å². The summed E-state index contributed by atoms with van der Waals surface area (Å²) in [6.45, 7) is 5.84. The SMILES string of the molecule is CC[C@@H](O[C@@]12CC3C(C[C@@H]3c3cc(-c4c(F)cccc4F)nnc31)C2C)C(=O)NCc1nnc(C)o1. The van der Waals surface area contributed by atoms with Crippen LogP contribution < -0.4 is 5.32 Å². The molecule has 2 aromatic heterocycles. The van der Waals surface area contributed by atoms with Gasteiger partial charge in [0, 0.05) is 6.92 Å². The van der Waals surface area contributed by atoms with E-state index in [4.69, 9.17) is 9.15 Å². The quantitative estimate of drug-likeness (QED) is 0.524. The van der Waals surface area contributed by atoms with E-state index in [0.29, 0.717) is 35.7 Å². The van der Waals surface area contributed by atoms with E-state index in [2.05, 4.69) is 32.6 Å². The van der Waals surface area contributed by atoms with Gasteiger partial charge in [0.2, 0.25) is 17.7 Å². The van der Waals surface area contributed by atoms with Crippen molar-refractivity contribution in [2.24, 2.45) is 17.8 Å². The Kier molecular flexibility index (Phi) is 5.40. The number of halogens is 2. The van der Waals surface area contributed by atoms with Gasteiger partial charge in [-0.05, 0) is 66.7 Å². The van der Waals surface area contributed by atoms with Gasteiger partial charge in [-0.1, -0.05) is 19.9 Å². The van der Waals surface area contributed by atoms with Crippen molar-refractivity contribution >= 4 is 5.91 Å². The summed E-state index contributed by atoms with van der Waals surface area (Å²) in [7, 11) is 0. The Morgan fingerprint density at radius 1 is 1.22 bits per heavy atom. The fourth-order valence-corrected chi connectivity index (χ4v) is 6.52. The second-order valence-corrected chi connectivity index (χ2v) is 10.1. The molecule has 3 unspecified atom stereocenters. The van der Waals surface area contributed by atoms with Crippen molar-refractivity contribution in [3.05, 3.63) is 58.9 Å². The summed E-state index contributed by atoms with van der Waals surface area (Å²) in [4.78, 5) is 13.1. The van der Waals surface area contributed by atoms with Gasteiger partial charge in [0.25, 0.3) is 0 Å². The topological polar surface area (TPSA) is 103 Å². The average molecular weight is 496 g/mol. The van der Waals surface area contributed by atoms with Gasteiger partial charge >= 0.3 is 0 Å². The maximum atomic E-state index is 14.5. The van der Waals surface area contributed by atoms with Crippen LogP contribution in [-0.4, -0.2) is 32.4 Å². The van der Waals surface area contributed by atoms with Crippen LogP contribution in [-0.2, 0) is 21.7 Å². The number of hydrogen-bond donors (Lipinski definition) is 1. The molecule has 6 rings (SSSR count). The molecule has 2 fully saturated rings. The molecule has 6 atom stereocenters. The highest BCUT2D eigenvalue weighted by Crippen LogP contribution is 2.70. The summed E-state index contributed by atoms with van der Waals surface area (Å²) in [5, 5.41) is 19.3. The van der Waals surface area contributed by atoms with Crippen LogP contribution in [0.2, 0.25) is 0 Å². The van der Waals surface area contributed by atoms with Gasteiger partial charge in [0.1, 0.15) is 23.3 Å². The number of aryl methyl sites for hydroxylation is 1. The number of hydrogen-bond acceptors (Lipinski definition) is 7. The number of nitrogens with one attached hydrogen (secondary N) is 1. The van der Waals surface area contributed by atoms with E-state index in [1.54, 1.807) is 13.0 Å². The van der Waals surface area contributed by atoms with Crippen molar-refractivity contribution in [1.29, 1.82) is 0 Å². The normalized spacial score (nSPS) is 28.4. The third-order valence-electron chi connectivity index (χ3n) is 8.35. The van der Waals surface area contributed by atoms with Crippen LogP contribution in [0.1, 0.15) is 62.1 Å². The Labute approximate surface area is 206 Å². The number of rotatable bonds is 7. The van der Waals surface area contributed by atoms with Crippen LogP contribution in [0.15, 0.2) is 28.7 Å². The van der Waals surface area contributed by atoms with E-state index in [1.807, 2.05) is 6.92 Å². The molecule has 0 spiro atoms. The second kappa shape index (κ2) is 8.40. The first-order valence-electron chi connectivity index (χ1n) is 12.4. The lowest BCUT2D eigenvalue weighted by Crippen LogP contribution is -2.45. The zero-order valence-electron chi connectivity index (χ0n) is 20.3. The number of aromatic nitrogens is 4. The number of benzene rings is 1. The molecule has 0 radical (unpaired) electrons. The van der Waals surface area contributed by atoms with Gasteiger partial charge in [0.05, 0.1) is 23.5 Å². The summed E-state index contributed by atoms with van der Waals surface area (Å²) in [5.74, 6) is 0.355. The predicted molar refractivity (Wildman–Crippen MR) is 123 cm³/mol. The standard InChI is InChI=1S/C26H27F2N5O3/c1-4-21(25(34)29-11-22-32-30-13(3)35-22)36-26-10-17-14(12(26)2)8-15(17)16-9-20(31-33-24(16)26)23-18(27)6-5-7-19(23)28/h5-7,9,12,14-15,17,21H,4,8,10-11H2,1-3H3,(H,29,34)/t12?,14?,15-,17?,21-,26-/m1/s1. The smallest absolute Gasteiger partial charge is 0.249 e. The van der Waals surface area contributed by atoms with Crippen molar-refractivity contribution in [1.82, 2.24) is 25.7 Å². The van der Waals surface area contributed by atoms with E-state index in [9.17, 15) is 13.6 Å². The number of carbonyl (C=O) groups is 1. The first kappa shape index (κ1) is 23.1. The van der Waals surface area contributed by atoms with Crippen molar-refractivity contribution in [3.63, 3.8) is 0 Å². The lowest BCUT2D eigenvalue weighted by atomic mass is 9.61. The highest BCUT2D eigenvalue weighted by atomic mass is 19.1. The molecular weight excluding hydrogens is 468 g/mol. The summed E-state index contributed by atoms with van der Waals surface area (Å²) >= 11 is 0. The van der Waals surface area contributed by atoms with Crippen molar-refractivity contribution in [2.45, 2.75) is 64.2 Å². The molecule has 3 aliphatic rings. The highest BCUT2D eigenvalue weighted by Gasteiger charge is 2.66. The zero-order chi connectivity index (χ0) is 25.2. The number of ether oxygens (including phenoxy) is 1. The average Bonchev–Trinajstić information content (AvgIpc) is 3.30. The van der Waals surface area contributed by atoms with Gasteiger partial charge in [-0.15, -0.1) is 15.3 Å². The molecular formula is C26H27F2N5O3. The van der Waals surface area contributed by atoms with Crippen LogP contribution in [0.5, 0.6) is 0 Å². The Morgan fingerprint density at radius 3 is 2.69 bits per heavy atom. The lowest BCUT2D eigenvalue weighted by Gasteiger charge is -2.44. The molecule has 10 heteroatoms. The molecule has 1 aromatic carbocycles. The Hall–Kier alpha value is -3.27. The molecule has 3 aromatic rings. The maximum Gasteiger partial charge on any atom is 0.249 e. The van der Waals surface area contributed by atoms with Crippen LogP contribution in [0.3, 0.4) is 0 Å². The number of amides is 1. The monoisotopic (exact) mass is 495 g/mol. The third kappa shape index (κ3) is 3.37. The number of nitrogens with zero attached hydrogens (tertiary/aromatic N) is 4. The minimum Gasteiger partial charge on any atom is -0.424 e. The van der Waals surface area contributed by atoms with Crippen LogP contribution in [0.25, 0.3) is 11.3 Å². The molecule has 2 bridgehead atoms. The molecule has 3 aliphatic carbocycles. The van der Waals surface area contributed by atoms with E-state index >= 15 is 0 Å². The predicted octanol–water partition coefficient (Wildman–Crippen LogP) is 4.19. The Morgan fingerprint density at radius 2 is 2.00 bits per heavy atom. The molecule has 0 aliphatic heterocycles. The summed E-state index contributed by atoms with van der Waals surface area (Å²) in [6.07, 6.45) is 1.46. The van der Waals surface area contributed by atoms with E-state index < -0.39 is 23.3 Å². The minimum absolute atomic E-state index is 0.114. The van der Waals surface area contributed by atoms with Gasteiger partial charge in [0.15, 0.2) is 0 Å². The van der Waals surface area contributed by atoms with Crippen LogP contribution >= 0.6 is 0 Å². The van der Waals surface area contributed by atoms with E-state index in [-0.39, 0.29) is 35.5 Å². The lowest BCUT2D eigenvalue weighted by molar-refractivity contribution is -0.159. The molecule has 188 valence electrons. The summed E-state index contributed by atoms with van der Waals surface area (Å²) < 4.78 is 41.0. The van der Waals surface area contributed by atoms with Crippen LogP contribution in [0, 0.1) is 36.3 Å². The molecule has 36 heavy (non-hydrogen) atoms. The van der Waals surface area contributed by atoms with Crippen molar-refractivity contribution in [2.75, 3.05) is 0 Å². The zero-order valence-corrected chi connectivity index (χ0v) is 20.3. The van der Waals surface area contributed by atoms with Crippen molar-refractivity contribution in [3.8, 4) is 11.3 Å². The van der Waals surface area contributed by atoms with Crippen LogP contribution in [0.4, 0.5) is 8.78 Å². The molecule has 2 heterocycles. The minimum atomic E-state index is -0.782. The third-order valence-corrected chi connectivity index (χ3v) is 8.35. The summed E-state index contributed by atoms with van der Waals surface area (Å²) in [5.41, 5.74) is 0.839. The largest absolute Gasteiger partial charge is 0.424 e. The first-order chi connectivity index (χ1) is 17.3. The van der Waals surface area contributed by atoms with Crippen molar-refractivity contribution < 1.29 is 22.7 Å². The second-order valence-electron chi connectivity index (χ2n) is 10.1. The number of carbonyl (C=O) groups excluding carboxylic acids is 1. The van der Waals surface area contributed by atoms with Gasteiger partial charge < -0.3 is 14.5 Å². The summed E-state index contributed by atoms with van der Waals surface area (Å²) in [6, 6.07) is 5.54. The van der Waals surface area contributed by atoms with Gasteiger partial charge in [-0.3, -0.25) is 4.79 Å². The molecule has 0 saturated heterocycles. The number of fused-ring (bicyclic) bond motifs is 4. The molecule has 1 amide bonds. The fourth-order valence-electron chi connectivity index (χ4n) is 6.52. The first-order valence-corrected chi connectivity index (χ1v) is 12.4. The van der Waals surface area contributed by atoms with E-state index in [0.717, 1.165) is 18.4 Å². The maximum absolute atomic E-state index is 14.5. The van der Waals surface area contributed by atoms with E-state index in [1.165, 1.54) is 18.2 Å². The molecule has 8 nitrogen and oxygen atoms in total. The van der Waals surface area contributed by atoms with Gasteiger partial charge in [-0.2, -0.15) is 5.10 Å².